The second-order valence-corrected chi connectivity index (χ2v) is 8.30. The maximum Gasteiger partial charge on any atom is 0.416 e. The number of benzene rings is 2. The summed E-state index contributed by atoms with van der Waals surface area (Å²) in [6, 6.07) is 12.7. The van der Waals surface area contributed by atoms with Gasteiger partial charge in [0.15, 0.2) is 0 Å². The van der Waals surface area contributed by atoms with Gasteiger partial charge in [-0.1, -0.05) is 54.6 Å². The number of alkyl halides is 3. The Morgan fingerprint density at radius 1 is 1.00 bits per heavy atom. The standard InChI is InChI=1S/C28H30F3NO3/c1-34-27(33)25-13-9-23(10-14-25)19-32-17-18-35-20-24-4-2-3-21(7-8-24)5-6-22-11-15-26(16-12-22)28(29,30)31/h2-4,7-16,21,32H,5-6,17-20H2,1H3. The average Bonchev–Trinajstić information content (AvgIpc) is 3.09. The maximum atomic E-state index is 12.7. The van der Waals surface area contributed by atoms with E-state index in [0.717, 1.165) is 35.3 Å². The van der Waals surface area contributed by atoms with Crippen LogP contribution in [0.2, 0.25) is 0 Å². The van der Waals surface area contributed by atoms with Gasteiger partial charge in [-0.2, -0.15) is 13.2 Å². The Morgan fingerprint density at radius 2 is 1.71 bits per heavy atom. The molecule has 1 unspecified atom stereocenters. The van der Waals surface area contributed by atoms with E-state index >= 15 is 0 Å². The zero-order chi connectivity index (χ0) is 25.1. The van der Waals surface area contributed by atoms with Crippen molar-refractivity contribution < 1.29 is 27.4 Å². The molecule has 0 fully saturated rings. The maximum absolute atomic E-state index is 12.7. The highest BCUT2D eigenvalue weighted by molar-refractivity contribution is 5.89. The van der Waals surface area contributed by atoms with E-state index in [2.05, 4.69) is 17.5 Å². The number of hydrogen-bond acceptors (Lipinski definition) is 4. The van der Waals surface area contributed by atoms with E-state index in [1.807, 2.05) is 30.4 Å². The van der Waals surface area contributed by atoms with Crippen LogP contribution < -0.4 is 5.32 Å². The highest BCUT2D eigenvalue weighted by atomic mass is 19.4. The van der Waals surface area contributed by atoms with Gasteiger partial charge in [0.1, 0.15) is 0 Å². The fourth-order valence-electron chi connectivity index (χ4n) is 3.61. The Morgan fingerprint density at radius 3 is 2.40 bits per heavy atom. The number of aryl methyl sites for hydroxylation is 1. The molecular weight excluding hydrogens is 455 g/mol. The number of rotatable bonds is 11. The van der Waals surface area contributed by atoms with E-state index in [1.54, 1.807) is 24.3 Å². The van der Waals surface area contributed by atoms with Gasteiger partial charge >= 0.3 is 12.1 Å². The molecule has 0 radical (unpaired) electrons. The van der Waals surface area contributed by atoms with Crippen LogP contribution in [0.25, 0.3) is 0 Å². The third-order valence-corrected chi connectivity index (χ3v) is 5.67. The van der Waals surface area contributed by atoms with Gasteiger partial charge in [-0.15, -0.1) is 0 Å². The van der Waals surface area contributed by atoms with Crippen LogP contribution in [0.3, 0.4) is 0 Å². The number of allylic oxidation sites excluding steroid dienone is 4. The summed E-state index contributed by atoms with van der Waals surface area (Å²) in [5.74, 6) is -0.127. The van der Waals surface area contributed by atoms with Crippen LogP contribution in [0, 0.1) is 5.92 Å². The second kappa shape index (κ2) is 13.1. The minimum atomic E-state index is -4.30. The predicted octanol–water partition coefficient (Wildman–Crippen LogP) is 5.90. The van der Waals surface area contributed by atoms with Gasteiger partial charge in [-0.05, 0) is 59.7 Å². The lowest BCUT2D eigenvalue weighted by atomic mass is 9.98. The van der Waals surface area contributed by atoms with Crippen molar-refractivity contribution in [3.05, 3.63) is 107 Å². The molecule has 0 saturated heterocycles. The lowest BCUT2D eigenvalue weighted by Gasteiger charge is -2.10. The smallest absolute Gasteiger partial charge is 0.416 e. The second-order valence-electron chi connectivity index (χ2n) is 8.30. The first-order valence-corrected chi connectivity index (χ1v) is 11.5. The number of halogens is 3. The van der Waals surface area contributed by atoms with E-state index < -0.39 is 11.7 Å². The molecule has 4 nitrogen and oxygen atoms in total. The molecule has 0 amide bonds. The highest BCUT2D eigenvalue weighted by Gasteiger charge is 2.29. The molecule has 35 heavy (non-hydrogen) atoms. The van der Waals surface area contributed by atoms with Gasteiger partial charge in [0.2, 0.25) is 0 Å². The van der Waals surface area contributed by atoms with Crippen LogP contribution in [-0.4, -0.2) is 32.8 Å². The fourth-order valence-corrected chi connectivity index (χ4v) is 3.61. The van der Waals surface area contributed by atoms with Gasteiger partial charge in [0.25, 0.3) is 0 Å². The summed E-state index contributed by atoms with van der Waals surface area (Å²) in [4.78, 5) is 11.5. The average molecular weight is 486 g/mol. The number of hydrogen-bond donors (Lipinski definition) is 1. The summed E-state index contributed by atoms with van der Waals surface area (Å²) in [7, 11) is 1.36. The van der Waals surface area contributed by atoms with Gasteiger partial charge < -0.3 is 14.8 Å². The molecule has 0 saturated carbocycles. The number of carbonyl (C=O) groups excluding carboxylic acids is 1. The Bertz CT molecular complexity index is 1040. The van der Waals surface area contributed by atoms with Crippen LogP contribution in [0.1, 0.15) is 33.5 Å². The normalized spacial score (nSPS) is 15.5. The molecule has 0 bridgehead atoms. The lowest BCUT2D eigenvalue weighted by Crippen LogP contribution is -2.19. The van der Waals surface area contributed by atoms with Crippen molar-refractivity contribution >= 4 is 5.97 Å². The molecular formula is C28H30F3NO3. The van der Waals surface area contributed by atoms with Crippen LogP contribution >= 0.6 is 0 Å². The topological polar surface area (TPSA) is 47.6 Å². The monoisotopic (exact) mass is 485 g/mol. The van der Waals surface area contributed by atoms with Crippen molar-refractivity contribution in [2.24, 2.45) is 5.92 Å². The van der Waals surface area contributed by atoms with Crippen molar-refractivity contribution in [3.8, 4) is 0 Å². The Labute approximate surface area is 204 Å². The van der Waals surface area contributed by atoms with Gasteiger partial charge in [-0.25, -0.2) is 4.79 Å². The molecule has 0 aromatic heterocycles. The van der Waals surface area contributed by atoms with Crippen molar-refractivity contribution in [3.63, 3.8) is 0 Å². The fraction of sp³-hybridized carbons (Fsp3) is 0.321. The van der Waals surface area contributed by atoms with Crippen LogP contribution in [0.5, 0.6) is 0 Å². The minimum absolute atomic E-state index is 0.221. The quantitative estimate of drug-likeness (QED) is 0.318. The van der Waals surface area contributed by atoms with E-state index in [4.69, 9.17) is 9.47 Å². The summed E-state index contributed by atoms with van der Waals surface area (Å²) in [6.45, 7) is 2.44. The van der Waals surface area contributed by atoms with Crippen molar-refractivity contribution in [1.82, 2.24) is 5.32 Å². The third kappa shape index (κ3) is 8.85. The SMILES string of the molecule is COC(=O)c1ccc(CNCCOCC2=CC=CC(CCc3ccc(C(F)(F)F)cc3)C=C2)cc1. The van der Waals surface area contributed by atoms with E-state index in [1.165, 1.54) is 7.11 Å². The van der Waals surface area contributed by atoms with Crippen molar-refractivity contribution in [2.45, 2.75) is 25.6 Å². The highest BCUT2D eigenvalue weighted by Crippen LogP contribution is 2.29. The molecule has 3 rings (SSSR count). The summed E-state index contributed by atoms with van der Waals surface area (Å²) in [5, 5.41) is 3.31. The molecule has 0 heterocycles. The molecule has 1 aliphatic rings. The summed E-state index contributed by atoms with van der Waals surface area (Å²) in [5.41, 5.74) is 2.94. The van der Waals surface area contributed by atoms with Crippen LogP contribution in [0.15, 0.2) is 84.5 Å². The first-order chi connectivity index (χ1) is 16.8. The van der Waals surface area contributed by atoms with E-state index in [9.17, 15) is 18.0 Å². The van der Waals surface area contributed by atoms with E-state index in [0.29, 0.717) is 38.3 Å². The first-order valence-electron chi connectivity index (χ1n) is 11.5. The Hall–Kier alpha value is -3.16. The molecule has 2 aromatic rings. The third-order valence-electron chi connectivity index (χ3n) is 5.67. The molecule has 0 spiro atoms. The Balaban J connectivity index is 1.32. The number of esters is 1. The number of ether oxygens (including phenoxy) is 2. The minimum Gasteiger partial charge on any atom is -0.465 e. The van der Waals surface area contributed by atoms with Gasteiger partial charge in [-0.3, -0.25) is 0 Å². The number of nitrogens with one attached hydrogen (secondary N) is 1. The zero-order valence-corrected chi connectivity index (χ0v) is 19.7. The molecule has 1 atom stereocenters. The lowest BCUT2D eigenvalue weighted by molar-refractivity contribution is -0.137. The summed E-state index contributed by atoms with van der Waals surface area (Å²) >= 11 is 0. The zero-order valence-electron chi connectivity index (χ0n) is 19.7. The van der Waals surface area contributed by atoms with Crippen molar-refractivity contribution in [2.75, 3.05) is 26.9 Å². The van der Waals surface area contributed by atoms with Crippen LogP contribution in [-0.2, 0) is 28.6 Å². The summed E-state index contributed by atoms with van der Waals surface area (Å²) < 4.78 is 48.5. The Kier molecular flexibility index (Phi) is 9.87. The molecule has 1 aliphatic carbocycles. The molecule has 1 N–H and O–H groups in total. The van der Waals surface area contributed by atoms with Gasteiger partial charge in [0.05, 0.1) is 31.5 Å². The molecule has 0 aliphatic heterocycles. The van der Waals surface area contributed by atoms with Gasteiger partial charge in [0, 0.05) is 13.1 Å². The molecule has 7 heteroatoms. The van der Waals surface area contributed by atoms with Crippen LogP contribution in [0.4, 0.5) is 13.2 Å². The van der Waals surface area contributed by atoms with Crippen molar-refractivity contribution in [1.29, 1.82) is 0 Å². The molecule has 186 valence electrons. The van der Waals surface area contributed by atoms with E-state index in [-0.39, 0.29) is 11.9 Å². The predicted molar refractivity (Wildman–Crippen MR) is 130 cm³/mol. The summed E-state index contributed by atoms with van der Waals surface area (Å²) in [6.07, 6.45) is 7.51. The number of carbonyl (C=O) groups is 1. The first kappa shape index (κ1) is 26.4. The molecule has 2 aromatic carbocycles. The largest absolute Gasteiger partial charge is 0.465 e. The number of methoxy groups -OCH3 is 1.